The number of tetrazole rings is 1. The first-order valence-corrected chi connectivity index (χ1v) is 10.7. The highest BCUT2D eigenvalue weighted by Crippen LogP contribution is 2.49. The summed E-state index contributed by atoms with van der Waals surface area (Å²) in [7, 11) is 3.16. The Labute approximate surface area is 195 Å². The fourth-order valence-electron chi connectivity index (χ4n) is 4.14. The molecule has 0 radical (unpaired) electrons. The number of hydrogen-bond donors (Lipinski definition) is 2. The van der Waals surface area contributed by atoms with Crippen LogP contribution in [0.3, 0.4) is 0 Å². The molecule has 1 aromatic heterocycles. The summed E-state index contributed by atoms with van der Waals surface area (Å²) >= 11 is 0. The van der Waals surface area contributed by atoms with Gasteiger partial charge in [0, 0.05) is 11.3 Å². The first kappa shape index (κ1) is 21.6. The predicted molar refractivity (Wildman–Crippen MR) is 124 cm³/mol. The van der Waals surface area contributed by atoms with E-state index in [4.69, 9.17) is 9.47 Å². The molecule has 2 N–H and O–H groups in total. The second kappa shape index (κ2) is 8.58. The highest BCUT2D eigenvalue weighted by atomic mass is 19.1. The van der Waals surface area contributed by atoms with Crippen molar-refractivity contribution in [3.63, 3.8) is 0 Å². The van der Waals surface area contributed by atoms with E-state index in [-0.39, 0.29) is 11.7 Å². The summed E-state index contributed by atoms with van der Waals surface area (Å²) in [5, 5.41) is 17.3. The van der Waals surface area contributed by atoms with Crippen LogP contribution in [-0.2, 0) is 10.2 Å². The van der Waals surface area contributed by atoms with Gasteiger partial charge in [-0.2, -0.15) is 0 Å². The summed E-state index contributed by atoms with van der Waals surface area (Å²) in [5.41, 5.74) is 3.21. The molecule has 1 amide bonds. The Morgan fingerprint density at radius 1 is 0.971 bits per heavy atom. The van der Waals surface area contributed by atoms with Gasteiger partial charge in [0.25, 0.3) is 0 Å². The van der Waals surface area contributed by atoms with Crippen LogP contribution in [0.15, 0.2) is 60.7 Å². The monoisotopic (exact) mass is 459 g/mol. The molecule has 9 heteroatoms. The van der Waals surface area contributed by atoms with Gasteiger partial charge in [0.05, 0.1) is 19.6 Å². The van der Waals surface area contributed by atoms with Gasteiger partial charge in [-0.15, -0.1) is 5.10 Å². The molecule has 0 bridgehead atoms. The maximum Gasteiger partial charge on any atom is 0.235 e. The molecule has 172 valence electrons. The quantitative estimate of drug-likeness (QED) is 0.426. The molecule has 34 heavy (non-hydrogen) atoms. The van der Waals surface area contributed by atoms with Gasteiger partial charge in [0.15, 0.2) is 17.3 Å². The van der Waals surface area contributed by atoms with Crippen LogP contribution in [0.1, 0.15) is 18.4 Å². The fourth-order valence-corrected chi connectivity index (χ4v) is 4.14. The molecule has 1 aliphatic rings. The number of hydrogen-bond acceptors (Lipinski definition) is 6. The number of rotatable bonds is 7. The smallest absolute Gasteiger partial charge is 0.235 e. The maximum atomic E-state index is 13.4. The van der Waals surface area contributed by atoms with Crippen molar-refractivity contribution in [2.75, 3.05) is 19.5 Å². The topological polar surface area (TPSA) is 102 Å². The van der Waals surface area contributed by atoms with Crippen molar-refractivity contribution in [3.05, 3.63) is 72.0 Å². The van der Waals surface area contributed by atoms with Crippen LogP contribution in [0.2, 0.25) is 0 Å². The molecular formula is C25H22FN5O3. The molecule has 1 saturated carbocycles. The van der Waals surface area contributed by atoms with Crippen molar-refractivity contribution in [3.8, 4) is 34.0 Å². The van der Waals surface area contributed by atoms with Crippen molar-refractivity contribution < 1.29 is 18.7 Å². The van der Waals surface area contributed by atoms with Crippen molar-refractivity contribution >= 4 is 11.6 Å². The average Bonchev–Trinajstić information content (AvgIpc) is 3.50. The molecule has 0 spiro atoms. The van der Waals surface area contributed by atoms with Gasteiger partial charge in [-0.05, 0) is 76.4 Å². The number of halogens is 1. The lowest BCUT2D eigenvalue weighted by Crippen LogP contribution is -2.27. The van der Waals surface area contributed by atoms with E-state index in [1.165, 1.54) is 12.1 Å². The number of aromatic nitrogens is 4. The third kappa shape index (κ3) is 3.85. The minimum Gasteiger partial charge on any atom is -0.493 e. The molecule has 5 rings (SSSR count). The largest absolute Gasteiger partial charge is 0.493 e. The van der Waals surface area contributed by atoms with E-state index in [1.54, 1.807) is 26.4 Å². The Morgan fingerprint density at radius 2 is 1.74 bits per heavy atom. The third-order valence-corrected chi connectivity index (χ3v) is 6.15. The number of ether oxygens (including phenoxy) is 2. The zero-order valence-electron chi connectivity index (χ0n) is 18.6. The Bertz CT molecular complexity index is 1340. The van der Waals surface area contributed by atoms with Crippen molar-refractivity contribution in [2.24, 2.45) is 0 Å². The van der Waals surface area contributed by atoms with Gasteiger partial charge in [-0.1, -0.05) is 24.3 Å². The Morgan fingerprint density at radius 3 is 2.38 bits per heavy atom. The molecule has 1 aliphatic carbocycles. The zero-order chi connectivity index (χ0) is 23.7. The molecule has 1 fully saturated rings. The van der Waals surface area contributed by atoms with Gasteiger partial charge >= 0.3 is 0 Å². The van der Waals surface area contributed by atoms with E-state index in [0.717, 1.165) is 16.7 Å². The lowest BCUT2D eigenvalue weighted by molar-refractivity contribution is -0.118. The summed E-state index contributed by atoms with van der Waals surface area (Å²) in [4.78, 5) is 13.2. The van der Waals surface area contributed by atoms with E-state index in [0.29, 0.717) is 41.4 Å². The number of benzene rings is 3. The standard InChI is InChI=1S/C25H22FN5O3/c1-33-21-10-3-15(13-22(21)34-2)19-9-8-18(14-20(19)23-28-30-31-29-23)27-24(32)25(11-12-25)16-4-6-17(26)7-5-16/h3-10,13-14H,11-12H2,1-2H3,(H,27,32)(H,28,29,30,31). The maximum absolute atomic E-state index is 13.4. The fraction of sp³-hybridized carbons (Fsp3) is 0.200. The molecule has 3 aromatic carbocycles. The molecule has 0 aliphatic heterocycles. The van der Waals surface area contributed by atoms with Crippen LogP contribution in [-0.4, -0.2) is 40.8 Å². The van der Waals surface area contributed by atoms with E-state index >= 15 is 0 Å². The average molecular weight is 459 g/mol. The summed E-state index contributed by atoms with van der Waals surface area (Å²) in [6.45, 7) is 0. The Hall–Kier alpha value is -4.27. The summed E-state index contributed by atoms with van der Waals surface area (Å²) in [6, 6.07) is 17.3. The summed E-state index contributed by atoms with van der Waals surface area (Å²) in [6.07, 6.45) is 1.43. The van der Waals surface area contributed by atoms with Crippen LogP contribution >= 0.6 is 0 Å². The first-order valence-electron chi connectivity index (χ1n) is 10.7. The van der Waals surface area contributed by atoms with E-state index < -0.39 is 5.41 Å². The molecule has 0 unspecified atom stereocenters. The zero-order valence-corrected chi connectivity index (χ0v) is 18.6. The van der Waals surface area contributed by atoms with Crippen LogP contribution in [0.4, 0.5) is 10.1 Å². The van der Waals surface area contributed by atoms with Gasteiger partial charge in [-0.25, -0.2) is 9.49 Å². The van der Waals surface area contributed by atoms with Gasteiger partial charge in [0.2, 0.25) is 5.91 Å². The van der Waals surface area contributed by atoms with Crippen molar-refractivity contribution in [1.29, 1.82) is 0 Å². The van der Waals surface area contributed by atoms with Crippen LogP contribution < -0.4 is 14.8 Å². The van der Waals surface area contributed by atoms with E-state index in [9.17, 15) is 9.18 Å². The number of carbonyl (C=O) groups excluding carboxylic acids is 1. The minimum absolute atomic E-state index is 0.125. The van der Waals surface area contributed by atoms with Crippen LogP contribution in [0, 0.1) is 5.82 Å². The van der Waals surface area contributed by atoms with Crippen LogP contribution in [0.25, 0.3) is 22.5 Å². The molecular weight excluding hydrogens is 437 g/mol. The highest BCUT2D eigenvalue weighted by molar-refractivity contribution is 6.02. The summed E-state index contributed by atoms with van der Waals surface area (Å²) < 4.78 is 24.1. The second-order valence-corrected chi connectivity index (χ2v) is 8.12. The Balaban J connectivity index is 1.49. The second-order valence-electron chi connectivity index (χ2n) is 8.12. The van der Waals surface area contributed by atoms with Gasteiger partial charge < -0.3 is 14.8 Å². The lowest BCUT2D eigenvalue weighted by atomic mass is 9.94. The molecule has 0 saturated heterocycles. The number of amides is 1. The van der Waals surface area contributed by atoms with Crippen molar-refractivity contribution in [1.82, 2.24) is 20.6 Å². The normalized spacial score (nSPS) is 13.9. The predicted octanol–water partition coefficient (Wildman–Crippen LogP) is 4.36. The van der Waals surface area contributed by atoms with E-state index in [1.807, 2.05) is 36.4 Å². The van der Waals surface area contributed by atoms with Crippen LogP contribution in [0.5, 0.6) is 11.5 Å². The minimum atomic E-state index is -0.635. The first-order chi connectivity index (χ1) is 16.5. The lowest BCUT2D eigenvalue weighted by Gasteiger charge is -2.17. The highest BCUT2D eigenvalue weighted by Gasteiger charge is 2.51. The number of aromatic amines is 1. The number of anilines is 1. The van der Waals surface area contributed by atoms with Gasteiger partial charge in [0.1, 0.15) is 5.82 Å². The van der Waals surface area contributed by atoms with E-state index in [2.05, 4.69) is 25.9 Å². The molecule has 0 atom stereocenters. The molecule has 8 nitrogen and oxygen atoms in total. The number of carbonyl (C=O) groups is 1. The third-order valence-electron chi connectivity index (χ3n) is 6.15. The molecule has 1 heterocycles. The van der Waals surface area contributed by atoms with Crippen molar-refractivity contribution in [2.45, 2.75) is 18.3 Å². The Kier molecular flexibility index (Phi) is 5.45. The SMILES string of the molecule is COc1ccc(-c2ccc(NC(=O)C3(c4ccc(F)cc4)CC3)cc2-c2nnn[nH]2)cc1OC. The number of nitrogens with one attached hydrogen (secondary N) is 2. The number of nitrogens with zero attached hydrogens (tertiary/aromatic N) is 3. The number of H-pyrrole nitrogens is 1. The summed E-state index contributed by atoms with van der Waals surface area (Å²) in [5.74, 6) is 1.22. The molecule has 4 aromatic rings. The number of methoxy groups -OCH3 is 2. The van der Waals surface area contributed by atoms with Gasteiger partial charge in [-0.3, -0.25) is 4.79 Å².